The molecule has 0 radical (unpaired) electrons. The van der Waals surface area contributed by atoms with Crippen LogP contribution >= 0.6 is 0 Å². The Bertz CT molecular complexity index is 26.7. The normalized spacial score (nSPS) is 15.0. The Hall–Kier alpha value is 0.177. The molecule has 6 heavy (non-hydrogen) atoms. The first-order valence-corrected chi connectivity index (χ1v) is 3.64. The van der Waals surface area contributed by atoms with Gasteiger partial charge in [-0.2, -0.15) is 0 Å². The van der Waals surface area contributed by atoms with Crippen LogP contribution in [-0.4, -0.2) is 23.0 Å². The molecule has 0 bridgehead atoms. The van der Waals surface area contributed by atoms with Crippen LogP contribution in [0.3, 0.4) is 0 Å². The van der Waals surface area contributed by atoms with Gasteiger partial charge < -0.3 is 5.32 Å². The molecular formula is C4H13NSi. The molecule has 38 valence electrons. The van der Waals surface area contributed by atoms with Crippen molar-refractivity contribution < 1.29 is 0 Å². The third-order valence-corrected chi connectivity index (χ3v) is 2.50. The van der Waals surface area contributed by atoms with Crippen molar-refractivity contribution >= 4 is 10.2 Å². The van der Waals surface area contributed by atoms with Crippen molar-refractivity contribution in [3.05, 3.63) is 0 Å². The van der Waals surface area contributed by atoms with Crippen molar-refractivity contribution in [2.45, 2.75) is 19.0 Å². The van der Waals surface area contributed by atoms with Gasteiger partial charge in [-0.25, -0.2) is 0 Å². The molecule has 0 rings (SSSR count). The fraction of sp³-hybridized carbons (Fsp3) is 1.00. The van der Waals surface area contributed by atoms with Crippen molar-refractivity contribution in [3.8, 4) is 0 Å². The molecule has 0 aliphatic rings. The van der Waals surface area contributed by atoms with E-state index in [1.165, 1.54) is 16.7 Å². The van der Waals surface area contributed by atoms with E-state index < -0.39 is 0 Å². The van der Waals surface area contributed by atoms with E-state index in [2.05, 4.69) is 12.2 Å². The maximum Gasteiger partial charge on any atom is 0.0240 e. The highest BCUT2D eigenvalue weighted by Gasteiger charge is 1.86. The maximum atomic E-state index is 3.18. The van der Waals surface area contributed by atoms with E-state index in [1.807, 2.05) is 7.05 Å². The van der Waals surface area contributed by atoms with Crippen molar-refractivity contribution in [1.82, 2.24) is 5.32 Å². The second-order valence-electron chi connectivity index (χ2n) is 1.60. The number of hydrogen-bond acceptors (Lipinski definition) is 1. The van der Waals surface area contributed by atoms with Gasteiger partial charge in [0, 0.05) is 10.2 Å². The van der Waals surface area contributed by atoms with Gasteiger partial charge in [-0.3, -0.25) is 0 Å². The molecule has 0 spiro atoms. The van der Waals surface area contributed by atoms with E-state index in [0.717, 1.165) is 5.67 Å². The number of nitrogens with one attached hydrogen (secondary N) is 1. The minimum absolute atomic E-state index is 0.824. The number of rotatable bonds is 2. The molecule has 0 aromatic carbocycles. The Balaban J connectivity index is 2.75. The molecule has 0 aliphatic heterocycles. The van der Waals surface area contributed by atoms with Crippen molar-refractivity contribution in [2.24, 2.45) is 0 Å². The Labute approximate surface area is 42.6 Å². The monoisotopic (exact) mass is 103 g/mol. The van der Waals surface area contributed by atoms with Gasteiger partial charge in [0.2, 0.25) is 0 Å². The molecule has 0 saturated carbocycles. The Morgan fingerprint density at radius 3 is 2.33 bits per heavy atom. The summed E-state index contributed by atoms with van der Waals surface area (Å²) in [4.78, 5) is 0. The van der Waals surface area contributed by atoms with Crippen molar-refractivity contribution in [3.63, 3.8) is 0 Å². The van der Waals surface area contributed by atoms with E-state index in [-0.39, 0.29) is 0 Å². The van der Waals surface area contributed by atoms with Gasteiger partial charge in [0.1, 0.15) is 0 Å². The summed E-state index contributed by atoms with van der Waals surface area (Å²) in [5.41, 5.74) is 0.824. The summed E-state index contributed by atoms with van der Waals surface area (Å²) in [6.07, 6.45) is 1.28. The lowest BCUT2D eigenvalue weighted by Gasteiger charge is -2.02. The van der Waals surface area contributed by atoms with Crippen molar-refractivity contribution in [1.29, 1.82) is 0 Å². The third kappa shape index (κ3) is 2.42. The molecule has 0 aromatic heterocycles. The van der Waals surface area contributed by atoms with E-state index in [4.69, 9.17) is 0 Å². The SMILES string of the molecule is CCC([SiH3])NC. The van der Waals surface area contributed by atoms with E-state index in [1.54, 1.807) is 0 Å². The molecular weight excluding hydrogens is 90.1 g/mol. The summed E-state index contributed by atoms with van der Waals surface area (Å²) in [7, 11) is 3.29. The molecule has 1 unspecified atom stereocenters. The maximum absolute atomic E-state index is 3.18. The lowest BCUT2D eigenvalue weighted by molar-refractivity contribution is 0.706. The van der Waals surface area contributed by atoms with Gasteiger partial charge in [0.25, 0.3) is 0 Å². The molecule has 0 aliphatic carbocycles. The molecule has 1 nitrogen and oxygen atoms in total. The second kappa shape index (κ2) is 3.37. The predicted molar refractivity (Wildman–Crippen MR) is 33.1 cm³/mol. The standard InChI is InChI=1S/C4H13NSi/c1-3-4(6)5-2/h4-5H,3H2,1-2,6H3. The third-order valence-electron chi connectivity index (χ3n) is 1.11. The Morgan fingerprint density at radius 2 is 2.33 bits per heavy atom. The highest BCUT2D eigenvalue weighted by atomic mass is 28.1. The van der Waals surface area contributed by atoms with Crippen LogP contribution in [0.1, 0.15) is 13.3 Å². The summed E-state index contributed by atoms with van der Waals surface area (Å²) in [6, 6.07) is 0. The van der Waals surface area contributed by atoms with Gasteiger partial charge >= 0.3 is 0 Å². The first-order chi connectivity index (χ1) is 2.81. The van der Waals surface area contributed by atoms with E-state index >= 15 is 0 Å². The summed E-state index contributed by atoms with van der Waals surface area (Å²) < 4.78 is 0. The first kappa shape index (κ1) is 6.18. The smallest absolute Gasteiger partial charge is 0.0240 e. The van der Waals surface area contributed by atoms with Gasteiger partial charge in [0.15, 0.2) is 0 Å². The minimum atomic E-state index is 0.824. The predicted octanol–water partition coefficient (Wildman–Crippen LogP) is -0.693. The van der Waals surface area contributed by atoms with Crippen LogP contribution in [0.5, 0.6) is 0 Å². The zero-order valence-corrected chi connectivity index (χ0v) is 6.78. The zero-order chi connectivity index (χ0) is 4.99. The summed E-state index contributed by atoms with van der Waals surface area (Å²) in [5, 5.41) is 3.18. The zero-order valence-electron chi connectivity index (χ0n) is 4.78. The molecule has 0 aromatic rings. The van der Waals surface area contributed by atoms with E-state index in [9.17, 15) is 0 Å². The van der Waals surface area contributed by atoms with Crippen LogP contribution in [0.15, 0.2) is 0 Å². The summed E-state index contributed by atoms with van der Waals surface area (Å²) in [5.74, 6) is 0. The topological polar surface area (TPSA) is 12.0 Å². The quantitative estimate of drug-likeness (QED) is 0.456. The molecule has 0 amide bonds. The van der Waals surface area contributed by atoms with Crippen LogP contribution in [-0.2, 0) is 0 Å². The van der Waals surface area contributed by atoms with Crippen molar-refractivity contribution in [2.75, 3.05) is 7.05 Å². The second-order valence-corrected chi connectivity index (χ2v) is 2.99. The largest absolute Gasteiger partial charge is 0.321 e. The van der Waals surface area contributed by atoms with Gasteiger partial charge in [-0.15, -0.1) is 0 Å². The average molecular weight is 103 g/mol. The fourth-order valence-corrected chi connectivity index (χ4v) is 0.204. The Kier molecular flexibility index (Phi) is 3.47. The molecule has 0 fully saturated rings. The molecule has 1 atom stereocenters. The molecule has 0 saturated heterocycles. The van der Waals surface area contributed by atoms with Crippen LogP contribution < -0.4 is 5.32 Å². The van der Waals surface area contributed by atoms with Crippen LogP contribution in [0, 0.1) is 0 Å². The molecule has 0 heterocycles. The lowest BCUT2D eigenvalue weighted by atomic mass is 10.5. The lowest BCUT2D eigenvalue weighted by Crippen LogP contribution is -2.23. The summed E-state index contributed by atoms with van der Waals surface area (Å²) in [6.45, 7) is 2.20. The highest BCUT2D eigenvalue weighted by molar-refractivity contribution is 6.11. The van der Waals surface area contributed by atoms with Crippen LogP contribution in [0.4, 0.5) is 0 Å². The minimum Gasteiger partial charge on any atom is -0.321 e. The van der Waals surface area contributed by atoms with Crippen LogP contribution in [0.25, 0.3) is 0 Å². The van der Waals surface area contributed by atoms with Gasteiger partial charge in [-0.05, 0) is 19.1 Å². The highest BCUT2D eigenvalue weighted by Crippen LogP contribution is 1.77. The van der Waals surface area contributed by atoms with Gasteiger partial charge in [0.05, 0.1) is 0 Å². The number of hydrogen-bond donors (Lipinski definition) is 1. The first-order valence-electron chi connectivity index (χ1n) is 2.48. The van der Waals surface area contributed by atoms with E-state index in [0.29, 0.717) is 0 Å². The fourth-order valence-electron chi connectivity index (χ4n) is 0.204. The Morgan fingerprint density at radius 1 is 1.83 bits per heavy atom. The molecule has 1 N–H and O–H groups in total. The average Bonchev–Trinajstić information content (AvgIpc) is 1.65. The van der Waals surface area contributed by atoms with Crippen LogP contribution in [0.2, 0.25) is 0 Å². The van der Waals surface area contributed by atoms with Gasteiger partial charge in [-0.1, -0.05) is 6.92 Å². The molecule has 2 heteroatoms. The summed E-state index contributed by atoms with van der Waals surface area (Å²) >= 11 is 0.